The van der Waals surface area contributed by atoms with Crippen molar-refractivity contribution in [2.75, 3.05) is 0 Å². The average molecular weight is 223 g/mol. The van der Waals surface area contributed by atoms with E-state index in [9.17, 15) is 0 Å². The molecule has 4 heteroatoms. The molecule has 2 unspecified atom stereocenters. The molecule has 0 radical (unpaired) electrons. The minimum atomic E-state index is -0.0750. The number of nitriles is 1. The summed E-state index contributed by atoms with van der Waals surface area (Å²) in [5.41, 5.74) is 0. The first-order valence-electron chi connectivity index (χ1n) is 5.31. The van der Waals surface area contributed by atoms with E-state index in [1.165, 1.54) is 4.88 Å². The summed E-state index contributed by atoms with van der Waals surface area (Å²) in [6.45, 7) is 6.19. The molecule has 0 bridgehead atoms. The van der Waals surface area contributed by atoms with Crippen LogP contribution >= 0.6 is 11.3 Å². The van der Waals surface area contributed by atoms with Crippen molar-refractivity contribution in [2.24, 2.45) is 0 Å². The van der Waals surface area contributed by atoms with E-state index in [-0.39, 0.29) is 12.1 Å². The van der Waals surface area contributed by atoms with Gasteiger partial charge < -0.3 is 0 Å². The quantitative estimate of drug-likeness (QED) is 0.835. The second-order valence-corrected chi connectivity index (χ2v) is 4.64. The SMILES string of the molecule is CCc1cnc(C(C)NC(C#N)CC)s1. The number of aromatic nitrogens is 1. The maximum Gasteiger partial charge on any atom is 0.109 e. The van der Waals surface area contributed by atoms with Crippen LogP contribution < -0.4 is 5.32 Å². The molecular formula is C11H17N3S. The lowest BCUT2D eigenvalue weighted by Crippen LogP contribution is -2.29. The van der Waals surface area contributed by atoms with Crippen LogP contribution in [-0.4, -0.2) is 11.0 Å². The Labute approximate surface area is 95.2 Å². The highest BCUT2D eigenvalue weighted by atomic mass is 32.1. The van der Waals surface area contributed by atoms with Crippen LogP contribution in [0.1, 0.15) is 43.1 Å². The van der Waals surface area contributed by atoms with Gasteiger partial charge in [0, 0.05) is 11.1 Å². The molecule has 82 valence electrons. The Balaban J connectivity index is 2.60. The van der Waals surface area contributed by atoms with Crippen LogP contribution in [0.15, 0.2) is 6.20 Å². The Kier molecular flexibility index (Phi) is 4.73. The smallest absolute Gasteiger partial charge is 0.109 e. The van der Waals surface area contributed by atoms with Crippen molar-refractivity contribution in [1.29, 1.82) is 5.26 Å². The largest absolute Gasteiger partial charge is 0.293 e. The Morgan fingerprint density at radius 1 is 1.60 bits per heavy atom. The van der Waals surface area contributed by atoms with Crippen LogP contribution in [0.3, 0.4) is 0 Å². The number of thiazole rings is 1. The van der Waals surface area contributed by atoms with Crippen LogP contribution in [0, 0.1) is 11.3 Å². The standard InChI is InChI=1S/C11H17N3S/c1-4-9(6-12)14-8(3)11-13-7-10(5-2)15-11/h7-9,14H,4-5H2,1-3H3. The molecule has 2 atom stereocenters. The molecule has 1 rings (SSSR count). The lowest BCUT2D eigenvalue weighted by atomic mass is 10.2. The number of nitrogens with one attached hydrogen (secondary N) is 1. The van der Waals surface area contributed by atoms with Crippen LogP contribution in [0.2, 0.25) is 0 Å². The summed E-state index contributed by atoms with van der Waals surface area (Å²) in [7, 11) is 0. The van der Waals surface area contributed by atoms with Crippen molar-refractivity contribution in [2.45, 2.75) is 45.7 Å². The summed E-state index contributed by atoms with van der Waals surface area (Å²) in [5, 5.41) is 13.2. The van der Waals surface area contributed by atoms with Crippen molar-refractivity contribution >= 4 is 11.3 Å². The van der Waals surface area contributed by atoms with Gasteiger partial charge in [-0.1, -0.05) is 13.8 Å². The molecule has 1 N–H and O–H groups in total. The topological polar surface area (TPSA) is 48.7 Å². The third-order valence-electron chi connectivity index (χ3n) is 2.31. The molecule has 0 saturated carbocycles. The molecule has 0 amide bonds. The number of rotatable bonds is 5. The van der Waals surface area contributed by atoms with E-state index in [0.29, 0.717) is 0 Å². The first-order chi connectivity index (χ1) is 7.21. The predicted octanol–water partition coefficient (Wildman–Crippen LogP) is 2.66. The van der Waals surface area contributed by atoms with E-state index >= 15 is 0 Å². The zero-order chi connectivity index (χ0) is 11.3. The lowest BCUT2D eigenvalue weighted by Gasteiger charge is -2.14. The summed E-state index contributed by atoms with van der Waals surface area (Å²) < 4.78 is 0. The molecule has 0 aliphatic rings. The highest BCUT2D eigenvalue weighted by Gasteiger charge is 2.13. The Morgan fingerprint density at radius 2 is 2.33 bits per heavy atom. The van der Waals surface area contributed by atoms with Crippen LogP contribution in [0.4, 0.5) is 0 Å². The van der Waals surface area contributed by atoms with Crippen molar-refractivity contribution in [1.82, 2.24) is 10.3 Å². The molecule has 3 nitrogen and oxygen atoms in total. The monoisotopic (exact) mass is 223 g/mol. The molecule has 0 aliphatic carbocycles. The molecule has 1 heterocycles. The van der Waals surface area contributed by atoms with Crippen molar-refractivity contribution in [3.8, 4) is 6.07 Å². The fraction of sp³-hybridized carbons (Fsp3) is 0.636. The zero-order valence-corrected chi connectivity index (χ0v) is 10.3. The van der Waals surface area contributed by atoms with Crippen molar-refractivity contribution < 1.29 is 0 Å². The minimum absolute atomic E-state index is 0.0750. The van der Waals surface area contributed by atoms with Crippen LogP contribution in [0.5, 0.6) is 0 Å². The second kappa shape index (κ2) is 5.84. The van der Waals surface area contributed by atoms with Gasteiger partial charge in [-0.05, 0) is 19.8 Å². The van der Waals surface area contributed by atoms with Crippen LogP contribution in [0.25, 0.3) is 0 Å². The van der Waals surface area contributed by atoms with E-state index in [1.54, 1.807) is 11.3 Å². The Hall–Kier alpha value is -0.920. The highest BCUT2D eigenvalue weighted by molar-refractivity contribution is 7.11. The molecule has 0 spiro atoms. The van der Waals surface area contributed by atoms with Gasteiger partial charge in [-0.25, -0.2) is 4.98 Å². The first kappa shape index (κ1) is 12.2. The molecule has 0 aromatic carbocycles. The second-order valence-electron chi connectivity index (χ2n) is 3.50. The molecule has 0 fully saturated rings. The first-order valence-corrected chi connectivity index (χ1v) is 6.13. The van der Waals surface area contributed by atoms with E-state index in [0.717, 1.165) is 17.8 Å². The third kappa shape index (κ3) is 3.29. The van der Waals surface area contributed by atoms with Gasteiger partial charge >= 0.3 is 0 Å². The summed E-state index contributed by atoms with van der Waals surface area (Å²) in [6.07, 6.45) is 3.78. The Morgan fingerprint density at radius 3 is 2.80 bits per heavy atom. The Bertz CT molecular complexity index is 340. The van der Waals surface area contributed by atoms with E-state index in [2.05, 4.69) is 30.2 Å². The fourth-order valence-electron chi connectivity index (χ4n) is 1.31. The van der Waals surface area contributed by atoms with Gasteiger partial charge in [0.05, 0.1) is 18.2 Å². The number of aryl methyl sites for hydroxylation is 1. The number of hydrogen-bond acceptors (Lipinski definition) is 4. The van der Waals surface area contributed by atoms with Gasteiger partial charge in [-0.3, -0.25) is 5.32 Å². The average Bonchev–Trinajstić information content (AvgIpc) is 2.74. The minimum Gasteiger partial charge on any atom is -0.293 e. The molecular weight excluding hydrogens is 206 g/mol. The molecule has 0 aliphatic heterocycles. The van der Waals surface area contributed by atoms with Gasteiger partial charge in [0.2, 0.25) is 0 Å². The fourth-order valence-corrected chi connectivity index (χ4v) is 2.17. The number of hydrogen-bond donors (Lipinski definition) is 1. The maximum absolute atomic E-state index is 8.84. The van der Waals surface area contributed by atoms with E-state index < -0.39 is 0 Å². The molecule has 1 aromatic rings. The van der Waals surface area contributed by atoms with Crippen molar-refractivity contribution in [3.63, 3.8) is 0 Å². The number of nitrogens with zero attached hydrogens (tertiary/aromatic N) is 2. The van der Waals surface area contributed by atoms with E-state index in [4.69, 9.17) is 5.26 Å². The van der Waals surface area contributed by atoms with Gasteiger partial charge in [0.25, 0.3) is 0 Å². The maximum atomic E-state index is 8.84. The van der Waals surface area contributed by atoms with Crippen LogP contribution in [-0.2, 0) is 6.42 Å². The zero-order valence-electron chi connectivity index (χ0n) is 9.45. The summed E-state index contributed by atoms with van der Waals surface area (Å²) >= 11 is 1.72. The third-order valence-corrected chi connectivity index (χ3v) is 3.63. The van der Waals surface area contributed by atoms with Crippen molar-refractivity contribution in [3.05, 3.63) is 16.1 Å². The lowest BCUT2D eigenvalue weighted by molar-refractivity contribution is 0.507. The normalized spacial score (nSPS) is 14.5. The van der Waals surface area contributed by atoms with Gasteiger partial charge in [0.1, 0.15) is 5.01 Å². The summed E-state index contributed by atoms with van der Waals surface area (Å²) in [4.78, 5) is 5.65. The molecule has 15 heavy (non-hydrogen) atoms. The van der Waals surface area contributed by atoms with E-state index in [1.807, 2.05) is 13.1 Å². The van der Waals surface area contributed by atoms with Gasteiger partial charge in [0.15, 0.2) is 0 Å². The van der Waals surface area contributed by atoms with Gasteiger partial charge in [-0.15, -0.1) is 11.3 Å². The predicted molar refractivity (Wildman–Crippen MR) is 62.7 cm³/mol. The summed E-state index contributed by atoms with van der Waals surface area (Å²) in [5.74, 6) is 0. The van der Waals surface area contributed by atoms with Gasteiger partial charge in [-0.2, -0.15) is 5.26 Å². The summed E-state index contributed by atoms with van der Waals surface area (Å²) in [6, 6.07) is 2.33. The molecule has 0 saturated heterocycles. The molecule has 1 aromatic heterocycles. The highest BCUT2D eigenvalue weighted by Crippen LogP contribution is 2.20.